The summed E-state index contributed by atoms with van der Waals surface area (Å²) in [6.07, 6.45) is 1.44. The van der Waals surface area contributed by atoms with Gasteiger partial charge >= 0.3 is 5.97 Å². The number of anilines is 1. The van der Waals surface area contributed by atoms with Crippen LogP contribution in [0, 0.1) is 0 Å². The average Bonchev–Trinajstić information content (AvgIpc) is 2.72. The van der Waals surface area contributed by atoms with Gasteiger partial charge in [0, 0.05) is 10.2 Å². The Morgan fingerprint density at radius 2 is 2.33 bits per heavy atom. The lowest BCUT2D eigenvalue weighted by molar-refractivity contribution is -0.138. The molecule has 1 unspecified atom stereocenters. The molecule has 1 atom stereocenters. The number of rotatable bonds is 4. The second-order valence-corrected chi connectivity index (χ2v) is 6.04. The van der Waals surface area contributed by atoms with Gasteiger partial charge in [0.25, 0.3) is 0 Å². The molecule has 94 valence electrons. The number of halogens is 2. The number of aromatic nitrogens is 1. The number of nitrogens with one attached hydrogen (secondary N) is 1. The lowest BCUT2D eigenvalue weighted by atomic mass is 10.2. The van der Waals surface area contributed by atoms with Gasteiger partial charge in [-0.05, 0) is 18.2 Å². The minimum Gasteiger partial charge on any atom is -0.479 e. The Kier molecular flexibility index (Phi) is 4.21. The fourth-order valence-electron chi connectivity index (χ4n) is 1.37. The van der Waals surface area contributed by atoms with Crippen LogP contribution in [0.1, 0.15) is 11.0 Å². The molecule has 2 rings (SSSR count). The van der Waals surface area contributed by atoms with E-state index in [1.165, 1.54) is 6.20 Å². The molecule has 0 spiro atoms. The van der Waals surface area contributed by atoms with Crippen LogP contribution in [0.15, 0.2) is 34.9 Å². The van der Waals surface area contributed by atoms with E-state index in [-0.39, 0.29) is 0 Å². The minimum absolute atomic E-state index is 0.424. The van der Waals surface area contributed by atoms with E-state index in [2.05, 4.69) is 26.2 Å². The third-order valence-corrected chi connectivity index (χ3v) is 3.80. The number of carbonyl (C=O) groups is 1. The fourth-order valence-corrected chi connectivity index (χ4v) is 2.75. The molecule has 0 bridgehead atoms. The molecule has 0 saturated heterocycles. The van der Waals surface area contributed by atoms with Gasteiger partial charge in [-0.2, -0.15) is 0 Å². The van der Waals surface area contributed by atoms with E-state index < -0.39 is 12.0 Å². The van der Waals surface area contributed by atoms with Gasteiger partial charge in [-0.25, -0.2) is 9.78 Å². The maximum atomic E-state index is 11.2. The molecule has 0 fully saturated rings. The summed E-state index contributed by atoms with van der Waals surface area (Å²) in [6.45, 7) is 0. The molecular weight excluding hydrogens is 340 g/mol. The Balaban J connectivity index is 2.24. The Labute approximate surface area is 121 Å². The smallest absolute Gasteiger partial charge is 0.333 e. The first kappa shape index (κ1) is 13.3. The summed E-state index contributed by atoms with van der Waals surface area (Å²) in [6, 6.07) is 6.36. The van der Waals surface area contributed by atoms with Crippen molar-refractivity contribution in [2.24, 2.45) is 0 Å². The number of nitrogens with zero attached hydrogens (tertiary/aromatic N) is 1. The molecule has 7 heteroatoms. The van der Waals surface area contributed by atoms with Crippen molar-refractivity contribution in [1.29, 1.82) is 0 Å². The van der Waals surface area contributed by atoms with E-state index in [1.807, 2.05) is 12.1 Å². The number of carboxylic acid groups (broad SMARTS) is 1. The molecule has 0 amide bonds. The van der Waals surface area contributed by atoms with Gasteiger partial charge < -0.3 is 10.4 Å². The maximum Gasteiger partial charge on any atom is 0.333 e. The zero-order chi connectivity index (χ0) is 13.1. The van der Waals surface area contributed by atoms with Crippen molar-refractivity contribution in [3.8, 4) is 0 Å². The first-order valence-electron chi connectivity index (χ1n) is 4.92. The molecule has 1 aromatic heterocycles. The maximum absolute atomic E-state index is 11.2. The fraction of sp³-hybridized carbons (Fsp3) is 0.0909. The molecule has 0 saturated carbocycles. The Bertz CT molecular complexity index is 576. The number of benzene rings is 1. The lowest BCUT2D eigenvalue weighted by Gasteiger charge is -2.13. The summed E-state index contributed by atoms with van der Waals surface area (Å²) in [5.74, 6) is -0.999. The molecule has 2 aromatic rings. The van der Waals surface area contributed by atoms with Gasteiger partial charge in [0.15, 0.2) is 6.04 Å². The Morgan fingerprint density at radius 1 is 1.56 bits per heavy atom. The van der Waals surface area contributed by atoms with Gasteiger partial charge in [0.2, 0.25) is 0 Å². The molecule has 1 aromatic carbocycles. The highest BCUT2D eigenvalue weighted by atomic mass is 79.9. The summed E-state index contributed by atoms with van der Waals surface area (Å²) in [5.41, 5.74) is 0.697. The topological polar surface area (TPSA) is 62.2 Å². The van der Waals surface area contributed by atoms with E-state index in [0.717, 1.165) is 15.8 Å². The quantitative estimate of drug-likeness (QED) is 0.883. The number of thiazole rings is 1. The van der Waals surface area contributed by atoms with E-state index in [0.29, 0.717) is 15.0 Å². The minimum atomic E-state index is -0.999. The summed E-state index contributed by atoms with van der Waals surface area (Å²) in [5, 5.41) is 12.5. The van der Waals surface area contributed by atoms with Crippen LogP contribution in [0.25, 0.3) is 0 Å². The number of hydrogen-bond acceptors (Lipinski definition) is 4. The molecule has 2 N–H and O–H groups in total. The van der Waals surface area contributed by atoms with Crippen LogP contribution in [0.5, 0.6) is 0 Å². The van der Waals surface area contributed by atoms with Crippen molar-refractivity contribution < 1.29 is 9.90 Å². The predicted octanol–water partition coefficient (Wildman–Crippen LogP) is 3.80. The number of aliphatic carboxylic acids is 1. The monoisotopic (exact) mass is 346 g/mol. The Hall–Kier alpha value is -1.11. The molecule has 18 heavy (non-hydrogen) atoms. The van der Waals surface area contributed by atoms with Gasteiger partial charge in [0.05, 0.1) is 6.20 Å². The lowest BCUT2D eigenvalue weighted by Crippen LogP contribution is -2.20. The molecule has 0 aliphatic rings. The average molecular weight is 348 g/mol. The van der Waals surface area contributed by atoms with Crippen molar-refractivity contribution >= 4 is 50.5 Å². The number of carboxylic acids is 1. The standard InChI is InChI=1S/C11H8BrClN2O2S/c12-6-2-1-3-7(4-6)15-9(11(16)17)10-14-5-8(13)18-10/h1-5,9,15H,(H,16,17). The van der Waals surface area contributed by atoms with Crippen LogP contribution in [0.4, 0.5) is 5.69 Å². The highest BCUT2D eigenvalue weighted by Gasteiger charge is 2.23. The van der Waals surface area contributed by atoms with E-state index >= 15 is 0 Å². The molecule has 0 aliphatic heterocycles. The van der Waals surface area contributed by atoms with Gasteiger partial charge in [-0.15, -0.1) is 11.3 Å². The Morgan fingerprint density at radius 3 is 2.89 bits per heavy atom. The first-order valence-corrected chi connectivity index (χ1v) is 6.91. The van der Waals surface area contributed by atoms with Crippen LogP contribution in [0.3, 0.4) is 0 Å². The van der Waals surface area contributed by atoms with Crippen molar-refractivity contribution in [2.75, 3.05) is 5.32 Å². The molecule has 0 radical (unpaired) electrons. The molecule has 4 nitrogen and oxygen atoms in total. The first-order chi connectivity index (χ1) is 8.56. The van der Waals surface area contributed by atoms with Crippen molar-refractivity contribution in [2.45, 2.75) is 6.04 Å². The zero-order valence-corrected chi connectivity index (χ0v) is 12.1. The highest BCUT2D eigenvalue weighted by Crippen LogP contribution is 2.27. The van der Waals surface area contributed by atoms with E-state index in [1.54, 1.807) is 12.1 Å². The normalized spacial score (nSPS) is 12.1. The molecule has 0 aliphatic carbocycles. The van der Waals surface area contributed by atoms with Crippen molar-refractivity contribution in [3.63, 3.8) is 0 Å². The SMILES string of the molecule is O=C(O)C(Nc1cccc(Br)c1)c1ncc(Cl)s1. The van der Waals surface area contributed by atoms with Crippen molar-refractivity contribution in [3.05, 3.63) is 44.3 Å². The second kappa shape index (κ2) is 5.69. The van der Waals surface area contributed by atoms with Crippen LogP contribution in [-0.2, 0) is 4.79 Å². The van der Waals surface area contributed by atoms with Crippen LogP contribution < -0.4 is 5.32 Å². The van der Waals surface area contributed by atoms with Gasteiger partial charge in [-0.3, -0.25) is 0 Å². The third-order valence-electron chi connectivity index (χ3n) is 2.12. The van der Waals surface area contributed by atoms with Gasteiger partial charge in [0.1, 0.15) is 9.34 Å². The van der Waals surface area contributed by atoms with Gasteiger partial charge in [-0.1, -0.05) is 33.6 Å². The van der Waals surface area contributed by atoms with Crippen LogP contribution >= 0.6 is 38.9 Å². The van der Waals surface area contributed by atoms with Crippen LogP contribution in [-0.4, -0.2) is 16.1 Å². The zero-order valence-electron chi connectivity index (χ0n) is 8.93. The summed E-state index contributed by atoms with van der Waals surface area (Å²) < 4.78 is 1.33. The molecule has 1 heterocycles. The number of hydrogen-bond donors (Lipinski definition) is 2. The molecular formula is C11H8BrClN2O2S. The van der Waals surface area contributed by atoms with Crippen molar-refractivity contribution in [1.82, 2.24) is 4.98 Å². The summed E-state index contributed by atoms with van der Waals surface area (Å²) in [4.78, 5) is 15.2. The highest BCUT2D eigenvalue weighted by molar-refractivity contribution is 9.10. The van der Waals surface area contributed by atoms with E-state index in [9.17, 15) is 9.90 Å². The predicted molar refractivity (Wildman–Crippen MR) is 75.3 cm³/mol. The second-order valence-electron chi connectivity index (χ2n) is 3.43. The van der Waals surface area contributed by atoms with E-state index in [4.69, 9.17) is 11.6 Å². The largest absolute Gasteiger partial charge is 0.479 e. The van der Waals surface area contributed by atoms with Crippen LogP contribution in [0.2, 0.25) is 4.34 Å². The summed E-state index contributed by atoms with van der Waals surface area (Å²) in [7, 11) is 0. The third kappa shape index (κ3) is 3.22. The summed E-state index contributed by atoms with van der Waals surface area (Å²) >= 11 is 10.2.